The lowest BCUT2D eigenvalue weighted by Gasteiger charge is -2.18. The van der Waals surface area contributed by atoms with E-state index in [9.17, 15) is 5.26 Å². The van der Waals surface area contributed by atoms with Crippen molar-refractivity contribution in [3.63, 3.8) is 0 Å². The summed E-state index contributed by atoms with van der Waals surface area (Å²) in [6, 6.07) is 15.0. The van der Waals surface area contributed by atoms with Gasteiger partial charge in [0.1, 0.15) is 7.05 Å². The van der Waals surface area contributed by atoms with Gasteiger partial charge in [0.25, 0.3) is 0 Å². The maximum absolute atomic E-state index is 9.22. The molecule has 3 rings (SSSR count). The number of aryl methyl sites for hydroxylation is 1. The van der Waals surface area contributed by atoms with Crippen molar-refractivity contribution < 1.29 is 4.57 Å². The molecule has 0 aliphatic carbocycles. The average Bonchev–Trinajstić information content (AvgIpc) is 2.61. The number of rotatable bonds is 3. The third-order valence-corrected chi connectivity index (χ3v) is 5.28. The molecule has 1 aromatic heterocycles. The zero-order valence-corrected chi connectivity index (χ0v) is 16.6. The maximum atomic E-state index is 9.22. The van der Waals surface area contributed by atoms with Crippen LogP contribution in [0.1, 0.15) is 61.8 Å². The molecule has 1 heterocycles. The topological polar surface area (TPSA) is 27.7 Å². The maximum Gasteiger partial charge on any atom is 0.220 e. The molecule has 2 aromatic carbocycles. The van der Waals surface area contributed by atoms with Crippen LogP contribution >= 0.6 is 0 Å². The summed E-state index contributed by atoms with van der Waals surface area (Å²) in [5.74, 6) is 0.968. The van der Waals surface area contributed by atoms with E-state index in [4.69, 9.17) is 0 Å². The standard InChI is InChI=1S/C24H27N2/c1-15(2)20-12-22(16(3)4)17(5)23(13-20)24-21-8-7-18(14-25)11-19(21)9-10-26(24)6/h7-13,15-16H,1-6H3/q+1. The van der Waals surface area contributed by atoms with Gasteiger partial charge in [0.2, 0.25) is 5.69 Å². The number of aromatic nitrogens is 1. The normalized spacial score (nSPS) is 11.3. The first-order valence-corrected chi connectivity index (χ1v) is 9.30. The van der Waals surface area contributed by atoms with Crippen LogP contribution in [0.4, 0.5) is 0 Å². The van der Waals surface area contributed by atoms with Crippen molar-refractivity contribution in [1.82, 2.24) is 0 Å². The van der Waals surface area contributed by atoms with E-state index in [0.717, 1.165) is 5.39 Å². The lowest BCUT2D eigenvalue weighted by atomic mass is 9.86. The van der Waals surface area contributed by atoms with Gasteiger partial charge in [-0.15, -0.1) is 0 Å². The van der Waals surface area contributed by atoms with E-state index in [-0.39, 0.29) is 0 Å². The minimum atomic E-state index is 0.484. The van der Waals surface area contributed by atoms with E-state index in [1.807, 2.05) is 12.1 Å². The average molecular weight is 343 g/mol. The number of nitriles is 1. The Morgan fingerprint density at radius 3 is 2.31 bits per heavy atom. The molecule has 2 heteroatoms. The first kappa shape index (κ1) is 18.1. The van der Waals surface area contributed by atoms with Crippen LogP contribution in [0, 0.1) is 18.3 Å². The predicted octanol–water partition coefficient (Wildman–Crippen LogP) is 5.76. The number of pyridine rings is 1. The smallest absolute Gasteiger partial charge is 0.200 e. The Hall–Kier alpha value is -2.66. The van der Waals surface area contributed by atoms with Gasteiger partial charge in [0, 0.05) is 6.07 Å². The van der Waals surface area contributed by atoms with Crippen LogP contribution in [0.25, 0.3) is 22.0 Å². The molecule has 0 N–H and O–H groups in total. The largest absolute Gasteiger partial charge is 0.220 e. The summed E-state index contributed by atoms with van der Waals surface area (Å²) in [6.07, 6.45) is 2.09. The molecule has 0 atom stereocenters. The number of benzene rings is 2. The minimum absolute atomic E-state index is 0.484. The van der Waals surface area contributed by atoms with Crippen LogP contribution in [-0.4, -0.2) is 0 Å². The quantitative estimate of drug-likeness (QED) is 0.556. The van der Waals surface area contributed by atoms with Gasteiger partial charge in [-0.05, 0) is 65.1 Å². The number of nitrogens with zero attached hydrogens (tertiary/aromatic N) is 2. The van der Waals surface area contributed by atoms with Crippen LogP contribution < -0.4 is 4.57 Å². The molecular weight excluding hydrogens is 316 g/mol. The predicted molar refractivity (Wildman–Crippen MR) is 108 cm³/mol. The van der Waals surface area contributed by atoms with E-state index in [2.05, 4.69) is 82.8 Å². The highest BCUT2D eigenvalue weighted by atomic mass is 14.9. The highest BCUT2D eigenvalue weighted by Gasteiger charge is 2.21. The van der Waals surface area contributed by atoms with Gasteiger partial charge < -0.3 is 0 Å². The Labute approximate surface area is 156 Å². The fourth-order valence-corrected chi connectivity index (χ4v) is 3.72. The van der Waals surface area contributed by atoms with Crippen molar-refractivity contribution in [2.75, 3.05) is 0 Å². The highest BCUT2D eigenvalue weighted by molar-refractivity contribution is 5.94. The summed E-state index contributed by atoms with van der Waals surface area (Å²) in [7, 11) is 2.10. The molecule has 0 spiro atoms. The van der Waals surface area contributed by atoms with Crippen LogP contribution in [0.2, 0.25) is 0 Å². The minimum Gasteiger partial charge on any atom is -0.200 e. The zero-order valence-electron chi connectivity index (χ0n) is 16.6. The molecule has 132 valence electrons. The number of hydrogen-bond acceptors (Lipinski definition) is 1. The summed E-state index contributed by atoms with van der Waals surface area (Å²) in [6.45, 7) is 11.3. The molecule has 0 saturated heterocycles. The molecule has 26 heavy (non-hydrogen) atoms. The highest BCUT2D eigenvalue weighted by Crippen LogP contribution is 2.35. The Kier molecular flexibility index (Phi) is 4.83. The van der Waals surface area contributed by atoms with Crippen molar-refractivity contribution in [2.24, 2.45) is 7.05 Å². The lowest BCUT2D eigenvalue weighted by Crippen LogP contribution is -2.31. The fourth-order valence-electron chi connectivity index (χ4n) is 3.72. The van der Waals surface area contributed by atoms with Crippen LogP contribution in [0.5, 0.6) is 0 Å². The van der Waals surface area contributed by atoms with Gasteiger partial charge in [-0.25, -0.2) is 4.57 Å². The van der Waals surface area contributed by atoms with Gasteiger partial charge >= 0.3 is 0 Å². The first-order chi connectivity index (χ1) is 12.3. The first-order valence-electron chi connectivity index (χ1n) is 9.30. The van der Waals surface area contributed by atoms with Crippen molar-refractivity contribution in [2.45, 2.75) is 46.5 Å². The van der Waals surface area contributed by atoms with Crippen molar-refractivity contribution >= 4 is 10.8 Å². The molecule has 0 radical (unpaired) electrons. The second kappa shape index (κ2) is 6.92. The molecule has 3 aromatic rings. The third kappa shape index (κ3) is 3.10. The molecule has 0 aliphatic heterocycles. The monoisotopic (exact) mass is 343 g/mol. The molecule has 0 aliphatic rings. The van der Waals surface area contributed by atoms with Gasteiger partial charge in [0.15, 0.2) is 6.20 Å². The van der Waals surface area contributed by atoms with E-state index < -0.39 is 0 Å². The summed E-state index contributed by atoms with van der Waals surface area (Å²) in [5, 5.41) is 11.5. The van der Waals surface area contributed by atoms with Gasteiger partial charge in [-0.2, -0.15) is 5.26 Å². The van der Waals surface area contributed by atoms with E-state index in [1.54, 1.807) is 0 Å². The lowest BCUT2D eigenvalue weighted by molar-refractivity contribution is -0.659. The Balaban J connectivity index is 2.39. The second-order valence-corrected chi connectivity index (χ2v) is 7.78. The molecule has 0 amide bonds. The van der Waals surface area contributed by atoms with E-state index in [1.165, 1.54) is 33.3 Å². The molecule has 0 bridgehead atoms. The fraction of sp³-hybridized carbons (Fsp3) is 0.333. The van der Waals surface area contributed by atoms with E-state index >= 15 is 0 Å². The number of hydrogen-bond donors (Lipinski definition) is 0. The molecule has 0 saturated carbocycles. The van der Waals surface area contributed by atoms with Crippen LogP contribution in [-0.2, 0) is 7.05 Å². The molecule has 0 unspecified atom stereocenters. The summed E-state index contributed by atoms with van der Waals surface area (Å²) in [4.78, 5) is 0. The Morgan fingerprint density at radius 2 is 1.69 bits per heavy atom. The molecule has 0 fully saturated rings. The molecular formula is C24H27N2+. The Morgan fingerprint density at radius 1 is 0.962 bits per heavy atom. The van der Waals surface area contributed by atoms with Gasteiger partial charge in [-0.1, -0.05) is 33.8 Å². The van der Waals surface area contributed by atoms with Crippen LogP contribution in [0.15, 0.2) is 42.6 Å². The van der Waals surface area contributed by atoms with Gasteiger partial charge in [0.05, 0.1) is 22.6 Å². The van der Waals surface area contributed by atoms with Crippen molar-refractivity contribution in [3.8, 4) is 17.3 Å². The summed E-state index contributed by atoms with van der Waals surface area (Å²) < 4.78 is 2.20. The zero-order chi connectivity index (χ0) is 19.0. The third-order valence-electron chi connectivity index (χ3n) is 5.28. The summed E-state index contributed by atoms with van der Waals surface area (Å²) in [5.41, 5.74) is 7.34. The van der Waals surface area contributed by atoms with Crippen molar-refractivity contribution in [3.05, 3.63) is 64.8 Å². The van der Waals surface area contributed by atoms with Crippen LogP contribution in [0.3, 0.4) is 0 Å². The SMILES string of the molecule is Cc1c(-c2c3ccc(C#N)cc3cc[n+]2C)cc(C(C)C)cc1C(C)C. The Bertz CT molecular complexity index is 1020. The van der Waals surface area contributed by atoms with Gasteiger partial charge in [-0.3, -0.25) is 0 Å². The number of fused-ring (bicyclic) bond motifs is 1. The van der Waals surface area contributed by atoms with E-state index in [0.29, 0.717) is 17.4 Å². The second-order valence-electron chi connectivity index (χ2n) is 7.78. The molecule has 2 nitrogen and oxygen atoms in total. The summed E-state index contributed by atoms with van der Waals surface area (Å²) >= 11 is 0. The van der Waals surface area contributed by atoms with Crippen molar-refractivity contribution in [1.29, 1.82) is 5.26 Å².